The number of hydrogen-bond donors (Lipinski definition) is 0. The first kappa shape index (κ1) is 20.6. The van der Waals surface area contributed by atoms with Crippen molar-refractivity contribution in [2.75, 3.05) is 18.1 Å². The van der Waals surface area contributed by atoms with Crippen molar-refractivity contribution in [1.82, 2.24) is 0 Å². The highest BCUT2D eigenvalue weighted by Gasteiger charge is 2.31. The summed E-state index contributed by atoms with van der Waals surface area (Å²) in [5.41, 5.74) is 2.25. The van der Waals surface area contributed by atoms with Gasteiger partial charge >= 0.3 is 0 Å². The van der Waals surface area contributed by atoms with E-state index in [0.29, 0.717) is 13.2 Å². The third-order valence-electron chi connectivity index (χ3n) is 4.41. The Bertz CT molecular complexity index is 551. The highest BCUT2D eigenvalue weighted by Crippen LogP contribution is 2.27. The van der Waals surface area contributed by atoms with Crippen molar-refractivity contribution < 1.29 is 14.3 Å². The highest BCUT2D eigenvalue weighted by molar-refractivity contribution is 14.1. The maximum absolute atomic E-state index is 13.2. The van der Waals surface area contributed by atoms with E-state index >= 15 is 0 Å². The molecule has 1 aromatic carbocycles. The molecule has 0 bridgehead atoms. The van der Waals surface area contributed by atoms with Crippen molar-refractivity contribution in [3.63, 3.8) is 0 Å². The largest absolute Gasteiger partial charge is 0.350 e. The third kappa shape index (κ3) is 5.66. The highest BCUT2D eigenvalue weighted by atomic mass is 127. The minimum atomic E-state index is -0.140. The number of nitrogens with zero attached hydrogens (tertiary/aromatic N) is 1. The van der Waals surface area contributed by atoms with Gasteiger partial charge in [-0.15, -0.1) is 0 Å². The molecule has 0 aliphatic carbocycles. The Hall–Kier alpha value is -0.660. The normalized spacial score (nSPS) is 21.3. The number of carbonyl (C=O) groups excluding carboxylic acids is 1. The molecule has 25 heavy (non-hydrogen) atoms. The van der Waals surface area contributed by atoms with Crippen molar-refractivity contribution in [2.24, 2.45) is 0 Å². The molecule has 0 aromatic heterocycles. The van der Waals surface area contributed by atoms with Crippen LogP contribution >= 0.6 is 22.6 Å². The van der Waals surface area contributed by atoms with Crippen LogP contribution in [0.1, 0.15) is 52.0 Å². The Balaban J connectivity index is 2.24. The zero-order chi connectivity index (χ0) is 18.2. The van der Waals surface area contributed by atoms with Gasteiger partial charge in [0, 0.05) is 5.69 Å². The van der Waals surface area contributed by atoms with Gasteiger partial charge in [0.2, 0.25) is 5.91 Å². The minimum Gasteiger partial charge on any atom is -0.350 e. The molecule has 0 radical (unpaired) electrons. The number of hydrogen-bond acceptors (Lipinski definition) is 3. The standard InChI is InChI=1S/C20H30INO3/c1-4-9-15-11-7-8-12-18(15)22(20(23)17(21)10-5-2)13-16-14-24-19(6-3)25-16/h7-8,11-12,16-17,19H,4-6,9-10,13-14H2,1-3H3. The van der Waals surface area contributed by atoms with Crippen LogP contribution in [0, 0.1) is 0 Å². The van der Waals surface area contributed by atoms with Crippen LogP contribution < -0.4 is 4.90 Å². The zero-order valence-electron chi connectivity index (χ0n) is 15.5. The summed E-state index contributed by atoms with van der Waals surface area (Å²) in [6.07, 6.45) is 4.56. The van der Waals surface area contributed by atoms with Crippen LogP contribution in [0.3, 0.4) is 0 Å². The maximum Gasteiger partial charge on any atom is 0.240 e. The van der Waals surface area contributed by atoms with Gasteiger partial charge in [0.05, 0.1) is 17.1 Å². The summed E-state index contributed by atoms with van der Waals surface area (Å²) in [6.45, 7) is 7.45. The molecule has 0 spiro atoms. The lowest BCUT2D eigenvalue weighted by atomic mass is 10.1. The summed E-state index contributed by atoms with van der Waals surface area (Å²) >= 11 is 2.28. The zero-order valence-corrected chi connectivity index (χ0v) is 17.7. The molecule has 1 fully saturated rings. The summed E-state index contributed by atoms with van der Waals surface area (Å²) in [5, 5.41) is 0. The average Bonchev–Trinajstić information content (AvgIpc) is 3.08. The average molecular weight is 459 g/mol. The van der Waals surface area contributed by atoms with Gasteiger partial charge in [-0.2, -0.15) is 0 Å². The molecule has 0 N–H and O–H groups in total. The maximum atomic E-state index is 13.2. The van der Waals surface area contributed by atoms with Crippen molar-refractivity contribution in [2.45, 2.75) is 69.2 Å². The van der Waals surface area contributed by atoms with E-state index in [2.05, 4.69) is 55.5 Å². The van der Waals surface area contributed by atoms with Crippen LogP contribution in [-0.2, 0) is 20.7 Å². The van der Waals surface area contributed by atoms with E-state index in [1.807, 2.05) is 17.0 Å². The van der Waals surface area contributed by atoms with Gasteiger partial charge in [0.25, 0.3) is 0 Å². The van der Waals surface area contributed by atoms with E-state index in [1.54, 1.807) is 0 Å². The molecular weight excluding hydrogens is 429 g/mol. The van der Waals surface area contributed by atoms with E-state index in [0.717, 1.165) is 37.8 Å². The monoisotopic (exact) mass is 459 g/mol. The van der Waals surface area contributed by atoms with Crippen LogP contribution in [0.5, 0.6) is 0 Å². The first-order valence-corrected chi connectivity index (χ1v) is 10.7. The molecule has 2 rings (SSSR count). The molecule has 1 amide bonds. The van der Waals surface area contributed by atoms with Gasteiger partial charge in [-0.05, 0) is 30.9 Å². The Morgan fingerprint density at radius 2 is 2.04 bits per heavy atom. The number of alkyl halides is 1. The SMILES string of the molecule is CCCc1ccccc1N(CC1COC(CC)O1)C(=O)C(I)CCC. The third-order valence-corrected chi connectivity index (χ3v) is 5.57. The summed E-state index contributed by atoms with van der Waals surface area (Å²) < 4.78 is 11.6. The van der Waals surface area contributed by atoms with Crippen molar-refractivity contribution >= 4 is 34.2 Å². The van der Waals surface area contributed by atoms with Crippen molar-refractivity contribution in [1.29, 1.82) is 0 Å². The van der Waals surface area contributed by atoms with Crippen LogP contribution in [0.2, 0.25) is 0 Å². The molecule has 1 saturated heterocycles. The predicted molar refractivity (Wildman–Crippen MR) is 110 cm³/mol. The molecule has 0 saturated carbocycles. The number of amides is 1. The van der Waals surface area contributed by atoms with Crippen molar-refractivity contribution in [3.05, 3.63) is 29.8 Å². The van der Waals surface area contributed by atoms with Gasteiger partial charge in [0.15, 0.2) is 6.29 Å². The van der Waals surface area contributed by atoms with Gasteiger partial charge < -0.3 is 14.4 Å². The lowest BCUT2D eigenvalue weighted by molar-refractivity contribution is -0.118. The fourth-order valence-corrected chi connectivity index (χ4v) is 4.09. The van der Waals surface area contributed by atoms with E-state index in [1.165, 1.54) is 5.56 Å². The minimum absolute atomic E-state index is 0.0124. The summed E-state index contributed by atoms with van der Waals surface area (Å²) in [6, 6.07) is 8.25. The second-order valence-electron chi connectivity index (χ2n) is 6.51. The Morgan fingerprint density at radius 3 is 2.68 bits per heavy atom. The number of halogens is 1. The van der Waals surface area contributed by atoms with E-state index in [4.69, 9.17) is 9.47 Å². The summed E-state index contributed by atoms with van der Waals surface area (Å²) in [5.74, 6) is 0.176. The fraction of sp³-hybridized carbons (Fsp3) is 0.650. The van der Waals surface area contributed by atoms with Gasteiger partial charge in [-0.1, -0.05) is 74.4 Å². The first-order valence-electron chi connectivity index (χ1n) is 9.41. The van der Waals surface area contributed by atoms with E-state index in [9.17, 15) is 4.79 Å². The smallest absolute Gasteiger partial charge is 0.240 e. The Kier molecular flexibility index (Phi) is 8.66. The lowest BCUT2D eigenvalue weighted by Crippen LogP contribution is -2.43. The number of para-hydroxylation sites is 1. The molecule has 140 valence electrons. The number of carbonyl (C=O) groups is 1. The van der Waals surface area contributed by atoms with Crippen molar-refractivity contribution in [3.8, 4) is 0 Å². The van der Waals surface area contributed by atoms with Gasteiger partial charge in [-0.3, -0.25) is 4.79 Å². The molecule has 4 nitrogen and oxygen atoms in total. The summed E-state index contributed by atoms with van der Waals surface area (Å²) in [7, 11) is 0. The molecule has 3 atom stereocenters. The van der Waals surface area contributed by atoms with Gasteiger partial charge in [0.1, 0.15) is 6.10 Å². The lowest BCUT2D eigenvalue weighted by Gasteiger charge is -2.29. The Morgan fingerprint density at radius 1 is 1.28 bits per heavy atom. The van der Waals surface area contributed by atoms with Crippen LogP contribution in [0.25, 0.3) is 0 Å². The van der Waals surface area contributed by atoms with Crippen LogP contribution in [0.15, 0.2) is 24.3 Å². The van der Waals surface area contributed by atoms with E-state index in [-0.39, 0.29) is 22.2 Å². The quantitative estimate of drug-likeness (QED) is 0.396. The number of aryl methyl sites for hydroxylation is 1. The molecule has 3 unspecified atom stereocenters. The Labute approximate surface area is 165 Å². The van der Waals surface area contributed by atoms with Gasteiger partial charge in [-0.25, -0.2) is 0 Å². The fourth-order valence-electron chi connectivity index (χ4n) is 3.13. The molecule has 1 aliphatic heterocycles. The number of rotatable bonds is 9. The molecule has 1 aliphatic rings. The molecule has 1 aromatic rings. The number of anilines is 1. The van der Waals surface area contributed by atoms with Crippen LogP contribution in [0.4, 0.5) is 5.69 Å². The molecule has 1 heterocycles. The first-order chi connectivity index (χ1) is 12.1. The molecular formula is C20H30INO3. The summed E-state index contributed by atoms with van der Waals surface area (Å²) in [4.78, 5) is 15.1. The van der Waals surface area contributed by atoms with Crippen LogP contribution in [-0.4, -0.2) is 35.4 Å². The van der Waals surface area contributed by atoms with E-state index < -0.39 is 0 Å². The number of ether oxygens (including phenoxy) is 2. The topological polar surface area (TPSA) is 38.8 Å². The second kappa shape index (κ2) is 10.5. The second-order valence-corrected chi connectivity index (χ2v) is 8.02. The number of benzene rings is 1. The predicted octanol–water partition coefficient (Wildman–Crippen LogP) is 4.73. The molecule has 5 heteroatoms.